The Balaban J connectivity index is 2.10. The molecule has 2 N–H and O–H groups in total. The molecule has 2 amide bonds. The molecule has 1 heterocycles. The van der Waals surface area contributed by atoms with Crippen molar-refractivity contribution in [1.82, 2.24) is 5.32 Å². The van der Waals surface area contributed by atoms with Gasteiger partial charge in [-0.3, -0.25) is 9.59 Å². The minimum Gasteiger partial charge on any atom is -0.342 e. The first kappa shape index (κ1) is 18.3. The van der Waals surface area contributed by atoms with Crippen LogP contribution in [0.5, 0.6) is 0 Å². The Labute approximate surface area is 144 Å². The number of nitrogens with one attached hydrogen (secondary N) is 2. The molecule has 1 aromatic carbocycles. The van der Waals surface area contributed by atoms with Crippen LogP contribution in [0.25, 0.3) is 0 Å². The van der Waals surface area contributed by atoms with Gasteiger partial charge in [-0.1, -0.05) is 23.7 Å². The quantitative estimate of drug-likeness (QED) is 0.837. The van der Waals surface area contributed by atoms with E-state index in [0.717, 1.165) is 11.3 Å². The summed E-state index contributed by atoms with van der Waals surface area (Å²) in [6.07, 6.45) is -4.48. The van der Waals surface area contributed by atoms with Crippen molar-refractivity contribution in [3.8, 4) is 0 Å². The van der Waals surface area contributed by atoms with Crippen LogP contribution in [0.15, 0.2) is 30.3 Å². The smallest absolute Gasteiger partial charge is 0.342 e. The van der Waals surface area contributed by atoms with Gasteiger partial charge in [0.2, 0.25) is 0 Å². The van der Waals surface area contributed by atoms with Gasteiger partial charge < -0.3 is 10.6 Å². The van der Waals surface area contributed by atoms with Crippen LogP contribution in [0.1, 0.15) is 25.6 Å². The number of alkyl halides is 3. The molecule has 9 heteroatoms. The number of hydrogen-bond acceptors (Lipinski definition) is 3. The second kappa shape index (κ2) is 7.23. The second-order valence-corrected chi connectivity index (χ2v) is 6.31. The standard InChI is InChI=1S/C15H12ClF3N2O2S/c1-8-6-11(21-13(22)9-4-2-3-5-10(9)16)24-12(8)14(23)20-7-15(17,18)19/h2-6H,7H2,1H3,(H,20,23)(H,21,22). The summed E-state index contributed by atoms with van der Waals surface area (Å²) in [5.74, 6) is -1.31. The lowest BCUT2D eigenvalue weighted by atomic mass is 10.2. The number of aryl methyl sites for hydroxylation is 1. The number of rotatable bonds is 4. The zero-order chi connectivity index (χ0) is 17.9. The molecule has 2 rings (SSSR count). The highest BCUT2D eigenvalue weighted by atomic mass is 35.5. The summed E-state index contributed by atoms with van der Waals surface area (Å²) in [5.41, 5.74) is 0.724. The molecule has 0 aliphatic carbocycles. The molecule has 0 aliphatic rings. The van der Waals surface area contributed by atoms with Crippen molar-refractivity contribution < 1.29 is 22.8 Å². The van der Waals surface area contributed by atoms with Crippen molar-refractivity contribution in [3.63, 3.8) is 0 Å². The van der Waals surface area contributed by atoms with Gasteiger partial charge in [0.15, 0.2) is 0 Å². The number of carbonyl (C=O) groups excluding carboxylic acids is 2. The summed E-state index contributed by atoms with van der Waals surface area (Å²) < 4.78 is 36.5. The highest BCUT2D eigenvalue weighted by molar-refractivity contribution is 7.18. The highest BCUT2D eigenvalue weighted by Crippen LogP contribution is 2.28. The summed E-state index contributed by atoms with van der Waals surface area (Å²) in [4.78, 5) is 24.1. The average molecular weight is 377 g/mol. The molecule has 0 unspecified atom stereocenters. The fourth-order valence-corrected chi connectivity index (χ4v) is 3.06. The van der Waals surface area contributed by atoms with E-state index in [-0.39, 0.29) is 15.5 Å². The predicted octanol–water partition coefficient (Wildman–Crippen LogP) is 4.25. The molecule has 0 spiro atoms. The van der Waals surface area contributed by atoms with Gasteiger partial charge in [-0.05, 0) is 30.7 Å². The lowest BCUT2D eigenvalue weighted by molar-refractivity contribution is -0.123. The number of hydrogen-bond donors (Lipinski definition) is 2. The number of amides is 2. The molecule has 0 radical (unpaired) electrons. The Kier molecular flexibility index (Phi) is 5.51. The topological polar surface area (TPSA) is 58.2 Å². The maximum atomic E-state index is 12.2. The van der Waals surface area contributed by atoms with Crippen molar-refractivity contribution in [1.29, 1.82) is 0 Å². The van der Waals surface area contributed by atoms with Gasteiger partial charge >= 0.3 is 6.18 Å². The third kappa shape index (κ3) is 4.72. The number of benzene rings is 1. The zero-order valence-electron chi connectivity index (χ0n) is 12.3. The number of thiophene rings is 1. The van der Waals surface area contributed by atoms with Crippen LogP contribution >= 0.6 is 22.9 Å². The first-order valence-corrected chi connectivity index (χ1v) is 7.88. The van der Waals surface area contributed by atoms with Crippen LogP contribution in [0.2, 0.25) is 5.02 Å². The first-order chi connectivity index (χ1) is 11.2. The lowest BCUT2D eigenvalue weighted by Crippen LogP contribution is -2.33. The Morgan fingerprint density at radius 3 is 2.50 bits per heavy atom. The molecule has 0 saturated carbocycles. The highest BCUT2D eigenvalue weighted by Gasteiger charge is 2.28. The monoisotopic (exact) mass is 376 g/mol. The first-order valence-electron chi connectivity index (χ1n) is 6.68. The normalized spacial score (nSPS) is 11.2. The van der Waals surface area contributed by atoms with Crippen molar-refractivity contribution in [2.75, 3.05) is 11.9 Å². The molecular weight excluding hydrogens is 365 g/mol. The zero-order valence-corrected chi connectivity index (χ0v) is 13.9. The van der Waals surface area contributed by atoms with Crippen molar-refractivity contribution in [2.45, 2.75) is 13.1 Å². The largest absolute Gasteiger partial charge is 0.405 e. The number of halogens is 4. The molecule has 1 aromatic heterocycles. The minimum atomic E-state index is -4.48. The van der Waals surface area contributed by atoms with Crippen LogP contribution in [0.3, 0.4) is 0 Å². The molecule has 2 aromatic rings. The van der Waals surface area contributed by atoms with E-state index in [1.165, 1.54) is 12.1 Å². The van der Waals surface area contributed by atoms with Crippen molar-refractivity contribution >= 4 is 39.8 Å². The molecule has 0 aliphatic heterocycles. The van der Waals surface area contributed by atoms with E-state index in [1.54, 1.807) is 30.4 Å². The van der Waals surface area contributed by atoms with E-state index in [4.69, 9.17) is 11.6 Å². The van der Waals surface area contributed by atoms with Gasteiger partial charge in [-0.2, -0.15) is 13.2 Å². The molecule has 24 heavy (non-hydrogen) atoms. The fourth-order valence-electron chi connectivity index (χ4n) is 1.85. The molecular formula is C15H12ClF3N2O2S. The van der Waals surface area contributed by atoms with Gasteiger partial charge in [-0.25, -0.2) is 0 Å². The Bertz CT molecular complexity index is 774. The Hall–Kier alpha value is -2.06. The Morgan fingerprint density at radius 2 is 1.88 bits per heavy atom. The van der Waals surface area contributed by atoms with Gasteiger partial charge in [0.1, 0.15) is 6.54 Å². The molecule has 4 nitrogen and oxygen atoms in total. The van der Waals surface area contributed by atoms with Crippen LogP contribution < -0.4 is 10.6 Å². The van der Waals surface area contributed by atoms with Crippen LogP contribution in [0, 0.1) is 6.92 Å². The second-order valence-electron chi connectivity index (χ2n) is 4.85. The van der Waals surface area contributed by atoms with E-state index in [1.807, 2.05) is 0 Å². The van der Waals surface area contributed by atoms with E-state index < -0.39 is 24.5 Å². The SMILES string of the molecule is Cc1cc(NC(=O)c2ccccc2Cl)sc1C(=O)NCC(F)(F)F. The van der Waals surface area contributed by atoms with Crippen LogP contribution in [-0.4, -0.2) is 24.5 Å². The summed E-state index contributed by atoms with van der Waals surface area (Å²) >= 11 is 6.82. The van der Waals surface area contributed by atoms with Crippen molar-refractivity contribution in [3.05, 3.63) is 51.4 Å². The summed E-state index contributed by atoms with van der Waals surface area (Å²) in [6.45, 7) is 0.161. The maximum absolute atomic E-state index is 12.2. The summed E-state index contributed by atoms with van der Waals surface area (Å²) in [7, 11) is 0. The number of anilines is 1. The summed E-state index contributed by atoms with van der Waals surface area (Å²) in [6, 6.07) is 7.94. The molecule has 0 fully saturated rings. The Morgan fingerprint density at radius 1 is 1.21 bits per heavy atom. The van der Waals surface area contributed by atoms with Crippen molar-refractivity contribution in [2.24, 2.45) is 0 Å². The third-order valence-electron chi connectivity index (χ3n) is 2.93. The molecule has 0 atom stereocenters. The van der Waals surface area contributed by atoms with Crippen LogP contribution in [-0.2, 0) is 0 Å². The van der Waals surface area contributed by atoms with E-state index >= 15 is 0 Å². The minimum absolute atomic E-state index is 0.105. The predicted molar refractivity (Wildman–Crippen MR) is 86.8 cm³/mol. The summed E-state index contributed by atoms with van der Waals surface area (Å²) in [5, 5.41) is 4.99. The molecule has 0 bridgehead atoms. The average Bonchev–Trinajstić information content (AvgIpc) is 2.85. The lowest BCUT2D eigenvalue weighted by Gasteiger charge is -2.07. The fraction of sp³-hybridized carbons (Fsp3) is 0.200. The molecule has 0 saturated heterocycles. The maximum Gasteiger partial charge on any atom is 0.405 e. The number of carbonyl (C=O) groups is 2. The van der Waals surface area contributed by atoms with E-state index in [9.17, 15) is 22.8 Å². The van der Waals surface area contributed by atoms with Gasteiger partial charge in [0.05, 0.1) is 20.5 Å². The third-order valence-corrected chi connectivity index (χ3v) is 4.41. The molecule has 128 valence electrons. The van der Waals surface area contributed by atoms with Gasteiger partial charge in [0.25, 0.3) is 11.8 Å². The van der Waals surface area contributed by atoms with Gasteiger partial charge in [-0.15, -0.1) is 11.3 Å². The van der Waals surface area contributed by atoms with E-state index in [0.29, 0.717) is 10.6 Å². The van der Waals surface area contributed by atoms with E-state index in [2.05, 4.69) is 5.32 Å². The van der Waals surface area contributed by atoms with Gasteiger partial charge in [0, 0.05) is 0 Å². The van der Waals surface area contributed by atoms with Crippen LogP contribution in [0.4, 0.5) is 18.2 Å².